The van der Waals surface area contributed by atoms with Gasteiger partial charge in [0.15, 0.2) is 0 Å². The van der Waals surface area contributed by atoms with E-state index < -0.39 is 0 Å². The molecule has 0 heteroatoms. The molecule has 0 nitrogen and oxygen atoms in total. The van der Waals surface area contributed by atoms with Crippen molar-refractivity contribution in [1.29, 1.82) is 0 Å². The van der Waals surface area contributed by atoms with E-state index in [2.05, 4.69) is 50.8 Å². The molecule has 0 heterocycles. The van der Waals surface area contributed by atoms with Crippen LogP contribution >= 0.6 is 0 Å². The third kappa shape index (κ3) is 1.76. The first-order valence-electron chi connectivity index (χ1n) is 5.91. The number of benzene rings is 2. The topological polar surface area (TPSA) is 0 Å². The summed E-state index contributed by atoms with van der Waals surface area (Å²) in [6.45, 7) is 8.32. The fourth-order valence-corrected chi connectivity index (χ4v) is 2.35. The van der Waals surface area contributed by atoms with E-state index in [-0.39, 0.29) is 0 Å². The summed E-state index contributed by atoms with van der Waals surface area (Å²) in [5, 5.41) is 2.76. The van der Waals surface area contributed by atoms with E-state index in [0.717, 1.165) is 6.42 Å². The molecule has 0 N–H and O–H groups in total. The van der Waals surface area contributed by atoms with Crippen LogP contribution < -0.4 is 0 Å². The number of fused-ring (bicyclic) bond motifs is 1. The van der Waals surface area contributed by atoms with Crippen molar-refractivity contribution >= 4 is 16.8 Å². The monoisotopic (exact) mass is 210 g/mol. The lowest BCUT2D eigenvalue weighted by atomic mass is 9.93. The van der Waals surface area contributed by atoms with Crippen LogP contribution in [0.5, 0.6) is 0 Å². The second-order valence-electron chi connectivity index (χ2n) is 4.26. The maximum atomic E-state index is 3.92. The Labute approximate surface area is 97.6 Å². The van der Waals surface area contributed by atoms with Crippen molar-refractivity contribution in [2.24, 2.45) is 0 Å². The molecule has 2 aromatic rings. The summed E-state index contributed by atoms with van der Waals surface area (Å²) in [4.78, 5) is 0. The molecule has 2 rings (SSSR count). The molecule has 0 radical (unpaired) electrons. The van der Waals surface area contributed by atoms with Crippen LogP contribution in [-0.4, -0.2) is 0 Å². The summed E-state index contributed by atoms with van der Waals surface area (Å²) in [5.41, 5.74) is 4.07. The van der Waals surface area contributed by atoms with Crippen molar-refractivity contribution in [2.45, 2.75) is 26.7 Å². The number of hydrogen-bond donors (Lipinski definition) is 0. The van der Waals surface area contributed by atoms with Gasteiger partial charge in [0.05, 0.1) is 0 Å². The Morgan fingerprint density at radius 2 is 1.88 bits per heavy atom. The first-order valence-corrected chi connectivity index (χ1v) is 5.91. The largest absolute Gasteiger partial charge is 0.0985 e. The van der Waals surface area contributed by atoms with Crippen LogP contribution in [0.3, 0.4) is 0 Å². The third-order valence-electron chi connectivity index (χ3n) is 3.12. The lowest BCUT2D eigenvalue weighted by molar-refractivity contribution is 0.927. The summed E-state index contributed by atoms with van der Waals surface area (Å²) in [7, 11) is 0. The molecule has 0 aliphatic heterocycles. The van der Waals surface area contributed by atoms with Gasteiger partial charge in [-0.05, 0) is 40.8 Å². The summed E-state index contributed by atoms with van der Waals surface area (Å²) in [5.74, 6) is 0. The minimum Gasteiger partial charge on any atom is -0.0985 e. The SMILES string of the molecule is C=Cc1cc(C)c2ccccc2c1CCC. The number of hydrogen-bond acceptors (Lipinski definition) is 0. The highest BCUT2D eigenvalue weighted by Gasteiger charge is 2.06. The number of rotatable bonds is 3. The molecule has 0 fully saturated rings. The van der Waals surface area contributed by atoms with Gasteiger partial charge in [0.2, 0.25) is 0 Å². The van der Waals surface area contributed by atoms with Crippen molar-refractivity contribution in [3.63, 3.8) is 0 Å². The van der Waals surface area contributed by atoms with Gasteiger partial charge in [-0.3, -0.25) is 0 Å². The van der Waals surface area contributed by atoms with Crippen LogP contribution in [0.15, 0.2) is 36.9 Å². The zero-order valence-corrected chi connectivity index (χ0v) is 10.1. The van der Waals surface area contributed by atoms with E-state index in [4.69, 9.17) is 0 Å². The van der Waals surface area contributed by atoms with E-state index in [1.165, 1.54) is 33.9 Å². The highest BCUT2D eigenvalue weighted by molar-refractivity contribution is 5.91. The van der Waals surface area contributed by atoms with Gasteiger partial charge in [0, 0.05) is 0 Å². The van der Waals surface area contributed by atoms with Gasteiger partial charge in [-0.2, -0.15) is 0 Å². The van der Waals surface area contributed by atoms with E-state index >= 15 is 0 Å². The van der Waals surface area contributed by atoms with E-state index in [1.807, 2.05) is 6.08 Å². The lowest BCUT2D eigenvalue weighted by Crippen LogP contribution is -1.93. The van der Waals surface area contributed by atoms with Crippen LogP contribution in [0.2, 0.25) is 0 Å². The molecule has 0 bridgehead atoms. The zero-order chi connectivity index (χ0) is 11.5. The summed E-state index contributed by atoms with van der Waals surface area (Å²) in [6, 6.07) is 10.9. The van der Waals surface area contributed by atoms with Crippen LogP contribution in [-0.2, 0) is 6.42 Å². The molecule has 0 spiro atoms. The standard InChI is InChI=1S/C16H18/c1-4-8-15-13(5-2)11-12(3)14-9-6-7-10-16(14)15/h5-7,9-11H,2,4,8H2,1,3H3. The highest BCUT2D eigenvalue weighted by atomic mass is 14.1. The maximum Gasteiger partial charge on any atom is -0.0143 e. The minimum atomic E-state index is 1.13. The molecule has 0 aliphatic carbocycles. The number of aryl methyl sites for hydroxylation is 2. The van der Waals surface area contributed by atoms with E-state index in [9.17, 15) is 0 Å². The Morgan fingerprint density at radius 1 is 1.19 bits per heavy atom. The first-order chi connectivity index (χ1) is 7.77. The van der Waals surface area contributed by atoms with Gasteiger partial charge >= 0.3 is 0 Å². The van der Waals surface area contributed by atoms with Crippen molar-refractivity contribution in [2.75, 3.05) is 0 Å². The van der Waals surface area contributed by atoms with E-state index in [1.54, 1.807) is 0 Å². The average molecular weight is 210 g/mol. The summed E-state index contributed by atoms with van der Waals surface area (Å²) < 4.78 is 0. The molecule has 0 atom stereocenters. The van der Waals surface area contributed by atoms with Crippen molar-refractivity contribution in [3.05, 3.63) is 53.6 Å². The molecular weight excluding hydrogens is 192 g/mol. The fraction of sp³-hybridized carbons (Fsp3) is 0.250. The van der Waals surface area contributed by atoms with Gasteiger partial charge in [0.1, 0.15) is 0 Å². The smallest absolute Gasteiger partial charge is 0.0143 e. The van der Waals surface area contributed by atoms with Gasteiger partial charge in [-0.1, -0.05) is 56.3 Å². The summed E-state index contributed by atoms with van der Waals surface area (Å²) >= 11 is 0. The Morgan fingerprint density at radius 3 is 2.50 bits per heavy atom. The molecular formula is C16H18. The van der Waals surface area contributed by atoms with Crippen LogP contribution in [0.4, 0.5) is 0 Å². The van der Waals surface area contributed by atoms with Crippen molar-refractivity contribution < 1.29 is 0 Å². The lowest BCUT2D eigenvalue weighted by Gasteiger charge is -2.12. The van der Waals surface area contributed by atoms with Gasteiger partial charge < -0.3 is 0 Å². The van der Waals surface area contributed by atoms with Gasteiger partial charge in [0.25, 0.3) is 0 Å². The van der Waals surface area contributed by atoms with Crippen molar-refractivity contribution in [3.8, 4) is 0 Å². The predicted octanol–water partition coefficient (Wildman–Crippen LogP) is 4.74. The molecule has 0 amide bonds. The zero-order valence-electron chi connectivity index (χ0n) is 10.1. The maximum absolute atomic E-state index is 3.92. The Kier molecular flexibility index (Phi) is 3.09. The van der Waals surface area contributed by atoms with Gasteiger partial charge in [-0.15, -0.1) is 0 Å². The van der Waals surface area contributed by atoms with Crippen LogP contribution in [0.25, 0.3) is 16.8 Å². The van der Waals surface area contributed by atoms with Crippen LogP contribution in [0, 0.1) is 6.92 Å². The Hall–Kier alpha value is -1.56. The van der Waals surface area contributed by atoms with Crippen molar-refractivity contribution in [1.82, 2.24) is 0 Å². The third-order valence-corrected chi connectivity index (χ3v) is 3.12. The molecule has 2 aromatic carbocycles. The minimum absolute atomic E-state index is 1.13. The Bertz CT molecular complexity index is 521. The Balaban J connectivity index is 2.81. The normalized spacial score (nSPS) is 10.6. The van der Waals surface area contributed by atoms with Crippen LogP contribution in [0.1, 0.15) is 30.0 Å². The molecule has 0 aromatic heterocycles. The summed E-state index contributed by atoms with van der Waals surface area (Å²) in [6.07, 6.45) is 4.28. The van der Waals surface area contributed by atoms with Gasteiger partial charge in [-0.25, -0.2) is 0 Å². The molecule has 16 heavy (non-hydrogen) atoms. The molecule has 0 saturated heterocycles. The second-order valence-corrected chi connectivity index (χ2v) is 4.26. The quantitative estimate of drug-likeness (QED) is 0.686. The molecule has 82 valence electrons. The molecule has 0 aliphatic rings. The molecule has 0 saturated carbocycles. The highest BCUT2D eigenvalue weighted by Crippen LogP contribution is 2.27. The fourth-order valence-electron chi connectivity index (χ4n) is 2.35. The first kappa shape index (κ1) is 10.9. The average Bonchev–Trinajstić information content (AvgIpc) is 2.33. The molecule has 0 unspecified atom stereocenters. The second kappa shape index (κ2) is 4.52. The predicted molar refractivity (Wildman–Crippen MR) is 72.8 cm³/mol. The van der Waals surface area contributed by atoms with E-state index in [0.29, 0.717) is 0 Å².